The van der Waals surface area contributed by atoms with Gasteiger partial charge in [-0.3, -0.25) is 9.36 Å². The predicted octanol–water partition coefficient (Wildman–Crippen LogP) is 1.99. The highest BCUT2D eigenvalue weighted by atomic mass is 16.2. The number of nitrogens with zero attached hydrogens (tertiary/aromatic N) is 2. The Morgan fingerprint density at radius 1 is 1.27 bits per heavy atom. The molecule has 0 aliphatic carbocycles. The van der Waals surface area contributed by atoms with Crippen LogP contribution in [0.15, 0.2) is 35.4 Å². The van der Waals surface area contributed by atoms with Crippen molar-refractivity contribution < 1.29 is 4.79 Å². The number of amides is 2. The smallest absolute Gasteiger partial charge is 0.319 e. The first kappa shape index (κ1) is 15.8. The maximum Gasteiger partial charge on any atom is 0.319 e. The van der Waals surface area contributed by atoms with E-state index < -0.39 is 0 Å². The molecule has 6 nitrogen and oxygen atoms in total. The van der Waals surface area contributed by atoms with E-state index in [0.29, 0.717) is 18.8 Å². The van der Waals surface area contributed by atoms with E-state index in [-0.39, 0.29) is 11.6 Å². The molecule has 2 rings (SSSR count). The van der Waals surface area contributed by atoms with Crippen molar-refractivity contribution in [1.82, 2.24) is 14.9 Å². The molecule has 2 N–H and O–H groups in total. The minimum atomic E-state index is -0.290. The summed E-state index contributed by atoms with van der Waals surface area (Å²) in [5.41, 5.74) is 3.50. The highest BCUT2D eigenvalue weighted by molar-refractivity contribution is 5.90. The Hall–Kier alpha value is -2.63. The normalized spacial score (nSPS) is 10.3. The molecule has 6 heteroatoms. The first-order chi connectivity index (χ1) is 10.5. The van der Waals surface area contributed by atoms with E-state index in [9.17, 15) is 9.59 Å². The fourth-order valence-corrected chi connectivity index (χ4v) is 2.03. The summed E-state index contributed by atoms with van der Waals surface area (Å²) in [7, 11) is 0. The third-order valence-electron chi connectivity index (χ3n) is 3.51. The molecule has 0 unspecified atom stereocenters. The van der Waals surface area contributed by atoms with Gasteiger partial charge in [0.15, 0.2) is 0 Å². The van der Waals surface area contributed by atoms with Crippen LogP contribution in [-0.4, -0.2) is 22.1 Å². The molecule has 0 aliphatic heterocycles. The van der Waals surface area contributed by atoms with Gasteiger partial charge in [-0.1, -0.05) is 12.1 Å². The van der Waals surface area contributed by atoms with Crippen LogP contribution in [0.2, 0.25) is 0 Å². The van der Waals surface area contributed by atoms with E-state index >= 15 is 0 Å². The largest absolute Gasteiger partial charge is 0.336 e. The summed E-state index contributed by atoms with van der Waals surface area (Å²) >= 11 is 0. The second kappa shape index (κ2) is 6.89. The van der Waals surface area contributed by atoms with Crippen LogP contribution in [-0.2, 0) is 6.54 Å². The zero-order valence-corrected chi connectivity index (χ0v) is 13.0. The lowest BCUT2D eigenvalue weighted by Gasteiger charge is -2.12. The summed E-state index contributed by atoms with van der Waals surface area (Å²) in [5, 5.41) is 5.54. The fraction of sp³-hybridized carbons (Fsp3) is 0.312. The zero-order chi connectivity index (χ0) is 16.1. The van der Waals surface area contributed by atoms with Crippen molar-refractivity contribution in [2.45, 2.75) is 27.3 Å². The van der Waals surface area contributed by atoms with Gasteiger partial charge >= 0.3 is 6.03 Å². The Morgan fingerprint density at radius 3 is 2.77 bits per heavy atom. The van der Waals surface area contributed by atoms with Gasteiger partial charge in [-0.2, -0.15) is 0 Å². The maximum atomic E-state index is 11.9. The van der Waals surface area contributed by atoms with E-state index in [0.717, 1.165) is 16.8 Å². The average molecular weight is 300 g/mol. The lowest BCUT2D eigenvalue weighted by atomic mass is 10.1. The molecule has 0 radical (unpaired) electrons. The lowest BCUT2D eigenvalue weighted by molar-refractivity contribution is 0.251. The summed E-state index contributed by atoms with van der Waals surface area (Å²) in [6, 6.07) is 6.93. The number of carbonyl (C=O) groups is 1. The third-order valence-corrected chi connectivity index (χ3v) is 3.51. The van der Waals surface area contributed by atoms with Crippen LogP contribution in [0.3, 0.4) is 0 Å². The Labute approximate surface area is 129 Å². The van der Waals surface area contributed by atoms with Crippen molar-refractivity contribution in [1.29, 1.82) is 0 Å². The molecule has 0 fully saturated rings. The third kappa shape index (κ3) is 3.94. The number of nitrogens with one attached hydrogen (secondary N) is 2. The Balaban J connectivity index is 1.88. The molecule has 0 atom stereocenters. The molecular formula is C16H20N4O2. The maximum absolute atomic E-state index is 11.9. The molecule has 0 bridgehead atoms. The van der Waals surface area contributed by atoms with E-state index in [1.807, 2.05) is 32.0 Å². The van der Waals surface area contributed by atoms with Crippen molar-refractivity contribution in [3.63, 3.8) is 0 Å². The van der Waals surface area contributed by atoms with E-state index in [1.165, 1.54) is 17.0 Å². The first-order valence-electron chi connectivity index (χ1n) is 7.11. The van der Waals surface area contributed by atoms with Gasteiger partial charge in [0.1, 0.15) is 0 Å². The number of hydrogen-bond donors (Lipinski definition) is 2. The van der Waals surface area contributed by atoms with Gasteiger partial charge in [0.25, 0.3) is 5.56 Å². The Kier molecular flexibility index (Phi) is 4.93. The number of rotatable bonds is 4. The summed E-state index contributed by atoms with van der Waals surface area (Å²) in [6.07, 6.45) is 1.49. The number of aryl methyl sites for hydroxylation is 2. The van der Waals surface area contributed by atoms with E-state index in [1.54, 1.807) is 6.92 Å². The molecule has 2 amide bonds. The standard InChI is InChI=1S/C16H20N4O2/c1-11-5-4-6-14(13(11)3)19-16(22)17-7-8-20-10-18-12(2)9-15(20)21/h4-6,9-10H,7-8H2,1-3H3,(H2,17,19,22). The molecule has 0 aliphatic rings. The predicted molar refractivity (Wildman–Crippen MR) is 86.2 cm³/mol. The van der Waals surface area contributed by atoms with Crippen LogP contribution in [0.1, 0.15) is 16.8 Å². The van der Waals surface area contributed by atoms with Gasteiger partial charge in [0, 0.05) is 30.5 Å². The summed E-state index contributed by atoms with van der Waals surface area (Å²) in [6.45, 7) is 6.45. The zero-order valence-electron chi connectivity index (χ0n) is 13.0. The van der Waals surface area contributed by atoms with E-state index in [2.05, 4.69) is 15.6 Å². The average Bonchev–Trinajstić information content (AvgIpc) is 2.46. The molecule has 1 aromatic heterocycles. The second-order valence-corrected chi connectivity index (χ2v) is 5.19. The van der Waals surface area contributed by atoms with Crippen molar-refractivity contribution in [3.8, 4) is 0 Å². The Morgan fingerprint density at radius 2 is 2.05 bits per heavy atom. The SMILES string of the molecule is Cc1cc(=O)n(CCNC(=O)Nc2cccc(C)c2C)cn1. The topological polar surface area (TPSA) is 76.0 Å². The number of carbonyl (C=O) groups excluding carboxylic acids is 1. The quantitative estimate of drug-likeness (QED) is 0.906. The number of anilines is 1. The molecule has 1 heterocycles. The number of urea groups is 1. The van der Waals surface area contributed by atoms with Crippen molar-refractivity contribution >= 4 is 11.7 Å². The van der Waals surface area contributed by atoms with Crippen LogP contribution in [0.4, 0.5) is 10.5 Å². The van der Waals surface area contributed by atoms with Crippen molar-refractivity contribution in [2.75, 3.05) is 11.9 Å². The number of hydrogen-bond acceptors (Lipinski definition) is 3. The molecule has 2 aromatic rings. The highest BCUT2D eigenvalue weighted by Crippen LogP contribution is 2.17. The first-order valence-corrected chi connectivity index (χ1v) is 7.11. The minimum absolute atomic E-state index is 0.121. The van der Waals surface area contributed by atoms with Crippen LogP contribution < -0.4 is 16.2 Å². The van der Waals surface area contributed by atoms with Crippen LogP contribution in [0.5, 0.6) is 0 Å². The molecule has 116 valence electrons. The van der Waals surface area contributed by atoms with Gasteiger partial charge in [-0.15, -0.1) is 0 Å². The Bertz CT molecular complexity index is 737. The van der Waals surface area contributed by atoms with Gasteiger partial charge in [-0.25, -0.2) is 9.78 Å². The summed E-state index contributed by atoms with van der Waals surface area (Å²) < 4.78 is 1.46. The molecule has 0 saturated carbocycles. The van der Waals surface area contributed by atoms with E-state index in [4.69, 9.17) is 0 Å². The van der Waals surface area contributed by atoms with Gasteiger partial charge in [0.2, 0.25) is 0 Å². The molecule has 0 saturated heterocycles. The van der Waals surface area contributed by atoms with Gasteiger partial charge < -0.3 is 10.6 Å². The van der Waals surface area contributed by atoms with Gasteiger partial charge in [-0.05, 0) is 38.0 Å². The van der Waals surface area contributed by atoms with Crippen LogP contribution >= 0.6 is 0 Å². The molecule has 1 aromatic carbocycles. The van der Waals surface area contributed by atoms with Crippen LogP contribution in [0.25, 0.3) is 0 Å². The summed E-state index contributed by atoms with van der Waals surface area (Å²) in [5.74, 6) is 0. The van der Waals surface area contributed by atoms with Crippen molar-refractivity contribution in [3.05, 3.63) is 57.8 Å². The van der Waals surface area contributed by atoms with Gasteiger partial charge in [0.05, 0.1) is 6.33 Å². The second-order valence-electron chi connectivity index (χ2n) is 5.19. The minimum Gasteiger partial charge on any atom is -0.336 e. The lowest BCUT2D eigenvalue weighted by Crippen LogP contribution is -2.33. The fourth-order valence-electron chi connectivity index (χ4n) is 2.03. The molecule has 22 heavy (non-hydrogen) atoms. The molecule has 0 spiro atoms. The number of benzene rings is 1. The van der Waals surface area contributed by atoms with Crippen molar-refractivity contribution in [2.24, 2.45) is 0 Å². The number of aromatic nitrogens is 2. The highest BCUT2D eigenvalue weighted by Gasteiger charge is 2.05. The monoisotopic (exact) mass is 300 g/mol. The van der Waals surface area contributed by atoms with Crippen LogP contribution in [0, 0.1) is 20.8 Å². The summed E-state index contributed by atoms with van der Waals surface area (Å²) in [4.78, 5) is 27.6. The molecular weight excluding hydrogens is 280 g/mol.